The van der Waals surface area contributed by atoms with Gasteiger partial charge in [-0.15, -0.1) is 0 Å². The molecule has 0 bridgehead atoms. The Morgan fingerprint density at radius 2 is 0.700 bits per heavy atom. The highest BCUT2D eigenvalue weighted by molar-refractivity contribution is 7.91. The van der Waals surface area contributed by atoms with Gasteiger partial charge in [-0.25, -0.2) is 80.0 Å². The zero-order valence-corrected chi connectivity index (χ0v) is 86.7. The monoisotopic (exact) mass is 2120 g/mol. The molecule has 0 radical (unpaired) electrons. The zero-order chi connectivity index (χ0) is 107. The maximum absolute atomic E-state index is 11.8. The SMILES string of the molecule is C.C.C.C.C.C.C.CCc1cccc(C)c1NC(=O)NN(C)C.CN(C)NC(=O)Nc1cccc2ccccc12.CNC(=O)Nc1ccc(C)cc1C.COc1ccc(C)cc1NC(=O)NN(C)C.Cc1ccc(NC(=O)NN(C)C)c(C)c1.Cc1ccc(S(=O)(=O)CNC(N)=O)cc1.Cc1ccccc1NC(=O)NCC(=O)C(C)(C)C.NC(=O)NCS(=O)(=O)c1ccccc1.O=C(NCC(=O)c1ccccc1)Nc1ccccc1. The minimum Gasteiger partial charge on any atom is -0.495 e. The van der Waals surface area contributed by atoms with E-state index in [-0.39, 0.29) is 123 Å². The fourth-order valence-corrected chi connectivity index (χ4v) is 13.8. The Labute approximate surface area is 890 Å². The quantitative estimate of drug-likeness (QED) is 0.0197. The van der Waals surface area contributed by atoms with Crippen molar-refractivity contribution in [3.05, 3.63) is 310 Å². The molecule has 0 atom stereocenters. The molecule has 150 heavy (non-hydrogen) atoms. The van der Waals surface area contributed by atoms with Crippen molar-refractivity contribution in [2.24, 2.45) is 16.9 Å². The van der Waals surface area contributed by atoms with Gasteiger partial charge in [-0.2, -0.15) is 0 Å². The van der Waals surface area contributed by atoms with Crippen LogP contribution in [0.15, 0.2) is 265 Å². The van der Waals surface area contributed by atoms with Gasteiger partial charge in [0, 0.05) is 108 Å². The highest BCUT2D eigenvalue weighted by atomic mass is 32.2. The third kappa shape index (κ3) is 58.4. The summed E-state index contributed by atoms with van der Waals surface area (Å²) in [4.78, 5) is 125. The van der Waals surface area contributed by atoms with Crippen LogP contribution in [0.1, 0.15) is 140 Å². The van der Waals surface area contributed by atoms with E-state index in [0.717, 1.165) is 84.6 Å². The van der Waals surface area contributed by atoms with Crippen molar-refractivity contribution in [2.75, 3.05) is 133 Å². The first kappa shape index (κ1) is 142. The number of hydrazine groups is 4. The molecule has 11 aromatic rings. The standard InChI is InChI=1S/C15H14N2O2.C14H20N2O2.C13H15N3O.C12H19N3O.C11H17N3O2.C11H17N3O.C10H14N2O.C9H12N2O3S.C8H10N2O3S.7CH4/c18-14(12-7-3-1-4-8-12)11-16-15(19)17-13-9-5-2-6-10-13;1-10-7-5-6-8-11(10)16-13(18)15-9-12(17)14(2,3)4;1-16(2)15-13(17)14-12-9-5-7-10-6-3-4-8-11(10)12;1-5-10-8-6-7-9(2)11(10)13-12(16)14-15(3)4;1-8-5-6-10(16-4)9(7-8)12-11(15)13-14(2)3;1-8-5-6-10(9(2)7-8)12-11(15)13-14(3)4;1-7-4-5-9(8(2)6-7)12-10(13)11-3;1-7-2-4-8(5-3-7)15(13,14)6-11-9(10)12;9-8(11)10-6-14(12,13)7-4-2-1-3-5-7;;;;;;;/h1-10H,11H2,(H2,16,17,19);5-8H,9H2,1-4H3,(H2,15,16,18);3-9H,1-2H3,(H2,14,15,17);6-8H,5H2,1-4H3,(H2,13,14,16);5-7H,1-4H3,(H2,12,13,15);5-7H,1-4H3,(H2,12,13,15);4-6H,1-3H3,(H2,11,12,13);2-5H,6H2,1H3,(H3,10,11,12);1-5H,6H2,(H3,9,10,11);7*1H4. The van der Waals surface area contributed by atoms with Gasteiger partial charge in [0.2, 0.25) is 0 Å². The summed E-state index contributed by atoms with van der Waals surface area (Å²) < 4.78 is 51.2. The van der Waals surface area contributed by atoms with Gasteiger partial charge in [-0.3, -0.25) is 31.3 Å². The van der Waals surface area contributed by atoms with Gasteiger partial charge in [-0.1, -0.05) is 278 Å². The van der Waals surface area contributed by atoms with Crippen LogP contribution in [0, 0.1) is 60.8 Å². The van der Waals surface area contributed by atoms with Crippen LogP contribution < -0.4 is 102 Å². The Kier molecular flexibility index (Phi) is 70.2. The number of amides is 18. The number of sulfone groups is 2. The van der Waals surface area contributed by atoms with Crippen molar-refractivity contribution >= 4 is 136 Å². The summed E-state index contributed by atoms with van der Waals surface area (Å²) in [5.74, 6) is -0.441. The molecule has 38 nitrogen and oxygen atoms in total. The molecule has 11 aromatic carbocycles. The summed E-state index contributed by atoms with van der Waals surface area (Å²) in [5.41, 5.74) is 35.4. The second-order valence-electron chi connectivity index (χ2n) is 33.4. The number of carbonyl (C=O) groups is 11. The van der Waals surface area contributed by atoms with Crippen LogP contribution >= 0.6 is 0 Å². The Hall–Kier alpha value is -16.0. The van der Waals surface area contributed by atoms with E-state index < -0.39 is 54.9 Å². The maximum Gasteiger partial charge on any atom is 0.333 e. The van der Waals surface area contributed by atoms with Crippen LogP contribution in [-0.4, -0.2) is 198 Å². The molecule has 0 saturated heterocycles. The number of hydrogen-bond acceptors (Lipinski definition) is 20. The third-order valence-electron chi connectivity index (χ3n) is 18.9. The number of nitrogens with two attached hydrogens (primary N) is 2. The highest BCUT2D eigenvalue weighted by Gasteiger charge is 2.23. The summed E-state index contributed by atoms with van der Waals surface area (Å²) >= 11 is 0. The number of benzene rings is 11. The summed E-state index contributed by atoms with van der Waals surface area (Å²) in [7, 11) is 10.3. The first-order valence-electron chi connectivity index (χ1n) is 44.7. The fourth-order valence-electron chi connectivity index (χ4n) is 11.7. The number of carbonyl (C=O) groups excluding carboxylic acids is 11. The number of urea groups is 9. The Balaban J connectivity index is -0.000000524. The molecule has 11 rings (SSSR count). The molecule has 40 heteroatoms. The van der Waals surface area contributed by atoms with E-state index in [9.17, 15) is 69.6 Å². The van der Waals surface area contributed by atoms with Crippen LogP contribution in [0.5, 0.6) is 5.75 Å². The summed E-state index contributed by atoms with van der Waals surface area (Å²) in [6.07, 6.45) is 0.902. The van der Waals surface area contributed by atoms with Crippen molar-refractivity contribution in [3.63, 3.8) is 0 Å². The van der Waals surface area contributed by atoms with Crippen LogP contribution in [0.4, 0.5) is 83.0 Å². The lowest BCUT2D eigenvalue weighted by Gasteiger charge is -2.17. The summed E-state index contributed by atoms with van der Waals surface area (Å²) in [5, 5.41) is 39.5. The molecule has 0 aliphatic carbocycles. The largest absolute Gasteiger partial charge is 0.495 e. The molecule has 824 valence electrons. The van der Waals surface area contributed by atoms with Crippen LogP contribution in [0.25, 0.3) is 10.8 Å². The number of rotatable bonds is 24. The Bertz CT molecular complexity index is 6200. The molecular weight excluding hydrogens is 1950 g/mol. The molecule has 0 unspecified atom stereocenters. The van der Waals surface area contributed by atoms with Crippen LogP contribution in [-0.2, 0) is 30.9 Å². The summed E-state index contributed by atoms with van der Waals surface area (Å²) in [6, 6.07) is 73.2. The number of aryl methyl sites for hydroxylation is 9. The number of fused-ring (bicyclic) bond motifs is 1. The lowest BCUT2D eigenvalue weighted by Crippen LogP contribution is -2.39. The van der Waals surface area contributed by atoms with Crippen molar-refractivity contribution in [3.8, 4) is 5.75 Å². The van der Waals surface area contributed by atoms with Crippen molar-refractivity contribution in [2.45, 2.75) is 151 Å². The number of ketones is 2. The second-order valence-corrected chi connectivity index (χ2v) is 37.3. The number of methoxy groups -OCH3 is 1. The number of para-hydroxylation sites is 3. The predicted molar refractivity (Wildman–Crippen MR) is 617 cm³/mol. The van der Waals surface area contributed by atoms with Gasteiger partial charge in [0.1, 0.15) is 17.5 Å². The van der Waals surface area contributed by atoms with Gasteiger partial charge >= 0.3 is 54.3 Å². The minimum absolute atomic E-state index is 0. The van der Waals surface area contributed by atoms with E-state index in [4.69, 9.17) is 16.2 Å². The van der Waals surface area contributed by atoms with E-state index in [1.165, 1.54) is 35.4 Å². The fraction of sp³-hybridized carbons (Fsp3) is 0.318. The van der Waals surface area contributed by atoms with E-state index in [2.05, 4.69) is 81.8 Å². The number of nitrogens with one attached hydrogen (secondary N) is 16. The number of Topliss-reactive ketones (excluding diaryl/α,β-unsaturated/α-hetero) is 2. The molecule has 0 spiro atoms. The number of anilines is 7. The van der Waals surface area contributed by atoms with Gasteiger partial charge in [-0.05, 0) is 173 Å². The normalized spacial score (nSPS) is 9.85. The molecule has 0 heterocycles. The molecule has 0 aliphatic rings. The lowest BCUT2D eigenvalue weighted by molar-refractivity contribution is -0.125. The van der Waals surface area contributed by atoms with Crippen LogP contribution in [0.3, 0.4) is 0 Å². The molecule has 18 amide bonds. The van der Waals surface area contributed by atoms with Gasteiger partial charge in [0.15, 0.2) is 31.2 Å². The maximum atomic E-state index is 11.8. The number of primary amides is 2. The first-order chi connectivity index (χ1) is 67.3. The smallest absolute Gasteiger partial charge is 0.333 e. The Morgan fingerprint density at radius 1 is 0.340 bits per heavy atom. The van der Waals surface area contributed by atoms with Gasteiger partial charge in [0.05, 0.1) is 41.4 Å². The van der Waals surface area contributed by atoms with E-state index in [1.807, 2.05) is 251 Å². The predicted octanol–water partition coefficient (Wildman–Crippen LogP) is 20.5. The Morgan fingerprint density at radius 3 is 1.15 bits per heavy atom. The third-order valence-corrected chi connectivity index (χ3v) is 22.0. The van der Waals surface area contributed by atoms with E-state index >= 15 is 0 Å². The minimum atomic E-state index is -3.48. The molecular formula is C110H166N22O16S2. The molecule has 0 aliphatic heterocycles. The highest BCUT2D eigenvalue weighted by Crippen LogP contribution is 2.27. The van der Waals surface area contributed by atoms with E-state index in [1.54, 1.807) is 157 Å². The zero-order valence-electron chi connectivity index (χ0n) is 85.1. The van der Waals surface area contributed by atoms with Crippen molar-refractivity contribution in [1.29, 1.82) is 0 Å². The molecule has 20 N–H and O–H groups in total. The number of ether oxygens (including phenoxy) is 1. The average Bonchev–Trinajstić information content (AvgIpc) is 0.833. The van der Waals surface area contributed by atoms with Crippen molar-refractivity contribution in [1.82, 2.24) is 68.3 Å². The van der Waals surface area contributed by atoms with Gasteiger partial charge < -0.3 is 80.0 Å². The number of nitrogens with zero attached hydrogens (tertiary/aromatic N) is 4. The topological polar surface area (TPSA) is 523 Å². The molecule has 0 fully saturated rings. The van der Waals surface area contributed by atoms with E-state index in [0.29, 0.717) is 22.7 Å². The summed E-state index contributed by atoms with van der Waals surface area (Å²) in [6.45, 7) is 23.3. The van der Waals surface area contributed by atoms with Crippen LogP contribution in [0.2, 0.25) is 0 Å². The molecule has 0 saturated carbocycles. The molecule has 0 aromatic heterocycles. The van der Waals surface area contributed by atoms with Crippen molar-refractivity contribution < 1.29 is 74.3 Å². The first-order valence-corrected chi connectivity index (χ1v) is 48.0. The lowest BCUT2D eigenvalue weighted by atomic mass is 9.91. The average molecular weight is 2120 g/mol. The second kappa shape index (κ2) is 74.0. The van der Waals surface area contributed by atoms with Gasteiger partial charge in [0.25, 0.3) is 0 Å². The number of hydrogen-bond donors (Lipinski definition) is 18.